The molecule has 2 unspecified atom stereocenters. The molecule has 0 bridgehead atoms. The zero-order chi connectivity index (χ0) is 9.84. The quantitative estimate of drug-likeness (QED) is 0.496. The molecule has 0 spiro atoms. The van der Waals surface area contributed by atoms with Gasteiger partial charge in [0.25, 0.3) is 0 Å². The van der Waals surface area contributed by atoms with E-state index in [4.69, 9.17) is 0 Å². The smallest absolute Gasteiger partial charge is 0.213 e. The highest BCUT2D eigenvalue weighted by atomic mass is 32.1. The maximum atomic E-state index is 12.6. The largest absolute Gasteiger partial charge is 0.389 e. The average Bonchev–Trinajstić information content (AvgIpc) is 2.15. The van der Waals surface area contributed by atoms with E-state index in [0.717, 1.165) is 6.07 Å². The van der Waals surface area contributed by atoms with E-state index in [-0.39, 0.29) is 5.75 Å². The fourth-order valence-corrected chi connectivity index (χ4v) is 1.12. The molecular formula is C8H10FNO2S. The Kier molecular flexibility index (Phi) is 3.65. The third-order valence-corrected chi connectivity index (χ3v) is 2.02. The first kappa shape index (κ1) is 10.4. The van der Waals surface area contributed by atoms with Gasteiger partial charge in [-0.2, -0.15) is 17.0 Å². The van der Waals surface area contributed by atoms with Crippen molar-refractivity contribution in [2.75, 3.05) is 5.75 Å². The maximum Gasteiger partial charge on any atom is 0.213 e. The van der Waals surface area contributed by atoms with Crippen LogP contribution in [0, 0.1) is 5.95 Å². The summed E-state index contributed by atoms with van der Waals surface area (Å²) < 4.78 is 12.6. The van der Waals surface area contributed by atoms with Crippen molar-refractivity contribution in [2.24, 2.45) is 0 Å². The lowest BCUT2D eigenvalue weighted by atomic mass is 10.1. The van der Waals surface area contributed by atoms with Crippen molar-refractivity contribution in [1.82, 2.24) is 4.98 Å². The molecule has 3 nitrogen and oxygen atoms in total. The second-order valence-corrected chi connectivity index (χ2v) is 2.97. The van der Waals surface area contributed by atoms with Crippen molar-refractivity contribution in [3.63, 3.8) is 0 Å². The first-order valence-corrected chi connectivity index (χ1v) is 4.37. The van der Waals surface area contributed by atoms with E-state index in [1.165, 1.54) is 12.3 Å². The predicted octanol–water partition coefficient (Wildman–Crippen LogP) is 0.545. The van der Waals surface area contributed by atoms with Crippen LogP contribution in [0.4, 0.5) is 4.39 Å². The van der Waals surface area contributed by atoms with Crippen LogP contribution < -0.4 is 0 Å². The average molecular weight is 203 g/mol. The minimum atomic E-state index is -1.12. The summed E-state index contributed by atoms with van der Waals surface area (Å²) in [4.78, 5) is 3.33. The van der Waals surface area contributed by atoms with Gasteiger partial charge in [0.05, 0.1) is 6.10 Å². The second kappa shape index (κ2) is 4.55. The van der Waals surface area contributed by atoms with Crippen LogP contribution in [0.25, 0.3) is 0 Å². The Hall–Kier alpha value is -0.650. The minimum absolute atomic E-state index is 0.116. The molecule has 72 valence electrons. The number of aliphatic hydroxyl groups is 2. The number of hydrogen-bond donors (Lipinski definition) is 3. The van der Waals surface area contributed by atoms with Crippen molar-refractivity contribution >= 4 is 12.6 Å². The lowest BCUT2D eigenvalue weighted by Gasteiger charge is -2.15. The van der Waals surface area contributed by atoms with Gasteiger partial charge in [0.15, 0.2) is 0 Å². The minimum Gasteiger partial charge on any atom is -0.389 e. The molecule has 2 atom stereocenters. The molecule has 1 heterocycles. The Labute approximate surface area is 80.7 Å². The van der Waals surface area contributed by atoms with Crippen LogP contribution in [0.2, 0.25) is 0 Å². The first-order chi connectivity index (χ1) is 6.15. The highest BCUT2D eigenvalue weighted by molar-refractivity contribution is 7.80. The molecule has 0 saturated carbocycles. The molecule has 0 aliphatic heterocycles. The van der Waals surface area contributed by atoms with E-state index in [9.17, 15) is 14.6 Å². The van der Waals surface area contributed by atoms with Gasteiger partial charge < -0.3 is 10.2 Å². The van der Waals surface area contributed by atoms with Gasteiger partial charge >= 0.3 is 0 Å². The number of thiol groups is 1. The third kappa shape index (κ3) is 2.65. The summed E-state index contributed by atoms with van der Waals surface area (Å²) in [6.07, 6.45) is -0.876. The molecule has 2 N–H and O–H groups in total. The van der Waals surface area contributed by atoms with Gasteiger partial charge in [0.1, 0.15) is 6.10 Å². The summed E-state index contributed by atoms with van der Waals surface area (Å²) in [5.74, 6) is -0.562. The van der Waals surface area contributed by atoms with E-state index >= 15 is 0 Å². The van der Waals surface area contributed by atoms with Crippen LogP contribution in [-0.2, 0) is 0 Å². The highest BCUT2D eigenvalue weighted by Gasteiger charge is 2.17. The van der Waals surface area contributed by atoms with Gasteiger partial charge in [-0.3, -0.25) is 0 Å². The Balaban J connectivity index is 2.82. The van der Waals surface area contributed by atoms with Crippen LogP contribution in [0.3, 0.4) is 0 Å². The molecule has 0 aliphatic rings. The summed E-state index contributed by atoms with van der Waals surface area (Å²) in [6.45, 7) is 0. The van der Waals surface area contributed by atoms with Crippen molar-refractivity contribution < 1.29 is 14.6 Å². The van der Waals surface area contributed by atoms with Crippen molar-refractivity contribution in [2.45, 2.75) is 12.2 Å². The van der Waals surface area contributed by atoms with Crippen LogP contribution in [0.5, 0.6) is 0 Å². The molecule has 0 radical (unpaired) electrons. The Morgan fingerprint density at radius 1 is 1.54 bits per heavy atom. The van der Waals surface area contributed by atoms with E-state index in [2.05, 4.69) is 17.6 Å². The monoisotopic (exact) mass is 203 g/mol. The van der Waals surface area contributed by atoms with Crippen LogP contribution in [-0.4, -0.2) is 27.1 Å². The van der Waals surface area contributed by atoms with Gasteiger partial charge in [-0.05, 0) is 17.7 Å². The van der Waals surface area contributed by atoms with Crippen LogP contribution in [0.1, 0.15) is 11.7 Å². The highest BCUT2D eigenvalue weighted by Crippen LogP contribution is 2.17. The van der Waals surface area contributed by atoms with Gasteiger partial charge in [-0.15, -0.1) is 0 Å². The molecule has 5 heteroatoms. The number of pyridine rings is 1. The number of nitrogens with zero attached hydrogens (tertiary/aromatic N) is 1. The molecule has 0 aliphatic carbocycles. The van der Waals surface area contributed by atoms with Crippen LogP contribution >= 0.6 is 12.6 Å². The number of aromatic nitrogens is 1. The Bertz CT molecular complexity index is 285. The molecule has 1 rings (SSSR count). The van der Waals surface area contributed by atoms with Gasteiger partial charge in [-0.1, -0.05) is 0 Å². The van der Waals surface area contributed by atoms with Gasteiger partial charge in [0.2, 0.25) is 5.95 Å². The number of halogens is 1. The SMILES string of the molecule is OC(CS)C(O)c1ccnc(F)c1. The third-order valence-electron chi connectivity index (χ3n) is 1.64. The molecule has 1 aromatic heterocycles. The molecular weight excluding hydrogens is 193 g/mol. The fraction of sp³-hybridized carbons (Fsp3) is 0.375. The summed E-state index contributed by atoms with van der Waals surface area (Å²) in [5.41, 5.74) is 0.300. The van der Waals surface area contributed by atoms with E-state index in [0.29, 0.717) is 5.56 Å². The van der Waals surface area contributed by atoms with Crippen molar-refractivity contribution in [3.05, 3.63) is 29.8 Å². The summed E-state index contributed by atoms with van der Waals surface area (Å²) in [5, 5.41) is 18.6. The lowest BCUT2D eigenvalue weighted by molar-refractivity contribution is 0.0335. The Morgan fingerprint density at radius 2 is 2.23 bits per heavy atom. The topological polar surface area (TPSA) is 53.4 Å². The standard InChI is InChI=1S/C8H10FNO2S/c9-7-3-5(1-2-10-7)8(12)6(11)4-13/h1-3,6,8,11-13H,4H2. The summed E-state index contributed by atoms with van der Waals surface area (Å²) in [6, 6.07) is 2.53. The summed E-state index contributed by atoms with van der Waals surface area (Å²) in [7, 11) is 0. The maximum absolute atomic E-state index is 12.6. The van der Waals surface area contributed by atoms with E-state index in [1.807, 2.05) is 0 Å². The Morgan fingerprint density at radius 3 is 2.77 bits per heavy atom. The normalized spacial score (nSPS) is 15.4. The lowest BCUT2D eigenvalue weighted by Crippen LogP contribution is -2.19. The van der Waals surface area contributed by atoms with E-state index < -0.39 is 18.2 Å². The summed E-state index contributed by atoms with van der Waals surface area (Å²) >= 11 is 3.81. The van der Waals surface area contributed by atoms with Crippen molar-refractivity contribution in [3.8, 4) is 0 Å². The second-order valence-electron chi connectivity index (χ2n) is 2.61. The molecule has 0 amide bonds. The fourth-order valence-electron chi connectivity index (χ4n) is 0.923. The van der Waals surface area contributed by atoms with E-state index in [1.54, 1.807) is 0 Å². The van der Waals surface area contributed by atoms with Crippen LogP contribution in [0.15, 0.2) is 18.3 Å². The zero-order valence-electron chi connectivity index (χ0n) is 6.76. The van der Waals surface area contributed by atoms with Crippen molar-refractivity contribution in [1.29, 1.82) is 0 Å². The number of aliphatic hydroxyl groups excluding tert-OH is 2. The molecule has 0 aromatic carbocycles. The first-order valence-electron chi connectivity index (χ1n) is 3.73. The number of rotatable bonds is 3. The van der Waals surface area contributed by atoms with Gasteiger partial charge in [0, 0.05) is 11.9 Å². The molecule has 13 heavy (non-hydrogen) atoms. The molecule has 1 aromatic rings. The number of hydrogen-bond acceptors (Lipinski definition) is 4. The predicted molar refractivity (Wildman–Crippen MR) is 49.0 cm³/mol. The molecule has 0 fully saturated rings. The zero-order valence-corrected chi connectivity index (χ0v) is 7.66. The van der Waals surface area contributed by atoms with Gasteiger partial charge in [-0.25, -0.2) is 4.98 Å². The molecule has 0 saturated heterocycles.